The lowest BCUT2D eigenvalue weighted by atomic mass is 10.3. The molecule has 3 rings (SSSR count). The van der Waals surface area contributed by atoms with Gasteiger partial charge in [0.1, 0.15) is 5.82 Å². The number of unbranched alkanes of at least 4 members (excludes halogenated alkanes) is 1. The monoisotopic (exact) mass is 289 g/mol. The summed E-state index contributed by atoms with van der Waals surface area (Å²) in [6, 6.07) is 10.2. The molecular formula is C15H19N3OS. The van der Waals surface area contributed by atoms with Crippen LogP contribution in [0, 0.1) is 0 Å². The summed E-state index contributed by atoms with van der Waals surface area (Å²) in [5, 5.41) is 14.3. The van der Waals surface area contributed by atoms with Gasteiger partial charge in [-0.1, -0.05) is 30.0 Å². The first kappa shape index (κ1) is 13.6. The SMILES string of the molecule is OCCCCSc1nc(C2CC2)n(-c2ccccc2)n1. The fourth-order valence-corrected chi connectivity index (χ4v) is 2.94. The van der Waals surface area contributed by atoms with Gasteiger partial charge in [0.15, 0.2) is 0 Å². The Kier molecular flexibility index (Phi) is 4.38. The Morgan fingerprint density at radius 2 is 2.00 bits per heavy atom. The van der Waals surface area contributed by atoms with Crippen LogP contribution in [-0.4, -0.2) is 32.2 Å². The summed E-state index contributed by atoms with van der Waals surface area (Å²) >= 11 is 1.68. The summed E-state index contributed by atoms with van der Waals surface area (Å²) in [4.78, 5) is 4.70. The zero-order valence-electron chi connectivity index (χ0n) is 11.4. The van der Waals surface area contributed by atoms with E-state index in [1.807, 2.05) is 22.9 Å². The van der Waals surface area contributed by atoms with Crippen molar-refractivity contribution in [2.45, 2.75) is 36.8 Å². The van der Waals surface area contributed by atoms with Gasteiger partial charge in [-0.15, -0.1) is 5.10 Å². The summed E-state index contributed by atoms with van der Waals surface area (Å²) in [6.45, 7) is 0.264. The van der Waals surface area contributed by atoms with Gasteiger partial charge in [-0.3, -0.25) is 0 Å². The minimum absolute atomic E-state index is 0.264. The van der Waals surface area contributed by atoms with Crippen LogP contribution < -0.4 is 0 Å². The maximum absolute atomic E-state index is 8.80. The van der Waals surface area contributed by atoms with Crippen LogP contribution >= 0.6 is 11.8 Å². The lowest BCUT2D eigenvalue weighted by Crippen LogP contribution is -2.01. The zero-order chi connectivity index (χ0) is 13.8. The fourth-order valence-electron chi connectivity index (χ4n) is 2.11. The van der Waals surface area contributed by atoms with Crippen molar-refractivity contribution in [2.75, 3.05) is 12.4 Å². The van der Waals surface area contributed by atoms with Crippen molar-refractivity contribution in [1.29, 1.82) is 0 Å². The number of thioether (sulfide) groups is 1. The highest BCUT2D eigenvalue weighted by Gasteiger charge is 2.30. The lowest BCUT2D eigenvalue weighted by Gasteiger charge is -2.03. The molecule has 0 atom stereocenters. The molecule has 5 heteroatoms. The molecule has 106 valence electrons. The van der Waals surface area contributed by atoms with Crippen LogP contribution in [0.15, 0.2) is 35.5 Å². The Balaban J connectivity index is 1.77. The molecule has 0 amide bonds. The van der Waals surface area contributed by atoms with E-state index in [1.165, 1.54) is 12.8 Å². The van der Waals surface area contributed by atoms with Crippen LogP contribution in [0.3, 0.4) is 0 Å². The first-order valence-corrected chi connectivity index (χ1v) is 8.13. The van der Waals surface area contributed by atoms with Crippen LogP contribution in [0.5, 0.6) is 0 Å². The second-order valence-corrected chi connectivity index (χ2v) is 6.12. The van der Waals surface area contributed by atoms with E-state index < -0.39 is 0 Å². The Morgan fingerprint density at radius 3 is 2.70 bits per heavy atom. The van der Waals surface area contributed by atoms with Crippen molar-refractivity contribution in [2.24, 2.45) is 0 Å². The number of hydrogen-bond donors (Lipinski definition) is 1. The van der Waals surface area contributed by atoms with E-state index >= 15 is 0 Å². The van der Waals surface area contributed by atoms with Gasteiger partial charge in [0.05, 0.1) is 5.69 Å². The Labute approximate surface area is 123 Å². The molecule has 1 heterocycles. The number of benzene rings is 1. The van der Waals surface area contributed by atoms with E-state index in [1.54, 1.807) is 11.8 Å². The highest BCUT2D eigenvalue weighted by molar-refractivity contribution is 7.99. The molecule has 0 unspecified atom stereocenters. The topological polar surface area (TPSA) is 50.9 Å². The molecule has 1 aliphatic carbocycles. The number of hydrogen-bond acceptors (Lipinski definition) is 4. The van der Waals surface area contributed by atoms with E-state index in [0.717, 1.165) is 35.3 Å². The van der Waals surface area contributed by atoms with Crippen molar-refractivity contribution in [3.05, 3.63) is 36.2 Å². The molecule has 4 nitrogen and oxygen atoms in total. The van der Waals surface area contributed by atoms with E-state index in [0.29, 0.717) is 5.92 Å². The Hall–Kier alpha value is -1.33. The van der Waals surface area contributed by atoms with E-state index in [4.69, 9.17) is 10.1 Å². The number of aliphatic hydroxyl groups is 1. The third-order valence-corrected chi connectivity index (χ3v) is 4.26. The van der Waals surface area contributed by atoms with Gasteiger partial charge < -0.3 is 5.11 Å². The number of aliphatic hydroxyl groups excluding tert-OH is 1. The quantitative estimate of drug-likeness (QED) is 0.629. The minimum Gasteiger partial charge on any atom is -0.396 e. The van der Waals surface area contributed by atoms with Gasteiger partial charge in [0.2, 0.25) is 5.16 Å². The third kappa shape index (κ3) is 3.22. The minimum atomic E-state index is 0.264. The Morgan fingerprint density at radius 1 is 1.20 bits per heavy atom. The first-order chi connectivity index (χ1) is 9.88. The number of aromatic nitrogens is 3. The predicted molar refractivity (Wildman–Crippen MR) is 80.4 cm³/mol. The molecule has 20 heavy (non-hydrogen) atoms. The summed E-state index contributed by atoms with van der Waals surface area (Å²) in [6.07, 6.45) is 4.29. The van der Waals surface area contributed by atoms with Gasteiger partial charge in [0, 0.05) is 18.3 Å². The predicted octanol–water partition coefficient (Wildman–Crippen LogP) is 3.01. The normalized spacial score (nSPS) is 14.7. The second-order valence-electron chi connectivity index (χ2n) is 5.05. The largest absolute Gasteiger partial charge is 0.396 e. The maximum atomic E-state index is 8.80. The summed E-state index contributed by atoms with van der Waals surface area (Å²) < 4.78 is 1.99. The summed E-state index contributed by atoms with van der Waals surface area (Å²) in [5.41, 5.74) is 1.09. The van der Waals surface area contributed by atoms with Crippen LogP contribution in [0.2, 0.25) is 0 Å². The van der Waals surface area contributed by atoms with Crippen LogP contribution in [0.1, 0.15) is 37.4 Å². The molecular weight excluding hydrogens is 270 g/mol. The molecule has 0 radical (unpaired) electrons. The molecule has 1 saturated carbocycles. The second kappa shape index (κ2) is 6.41. The lowest BCUT2D eigenvalue weighted by molar-refractivity contribution is 0.287. The van der Waals surface area contributed by atoms with Gasteiger partial charge in [0.25, 0.3) is 0 Å². The zero-order valence-corrected chi connectivity index (χ0v) is 12.2. The average molecular weight is 289 g/mol. The van der Waals surface area contributed by atoms with E-state index in [9.17, 15) is 0 Å². The fraction of sp³-hybridized carbons (Fsp3) is 0.467. The van der Waals surface area contributed by atoms with Crippen molar-refractivity contribution in [3.8, 4) is 5.69 Å². The molecule has 1 fully saturated rings. The molecule has 1 N–H and O–H groups in total. The summed E-state index contributed by atoms with van der Waals surface area (Å²) in [7, 11) is 0. The molecule has 0 aliphatic heterocycles. The molecule has 0 spiro atoms. The Bertz CT molecular complexity index is 552. The van der Waals surface area contributed by atoms with Crippen molar-refractivity contribution in [3.63, 3.8) is 0 Å². The first-order valence-electron chi connectivity index (χ1n) is 7.14. The average Bonchev–Trinajstić information content (AvgIpc) is 3.25. The van der Waals surface area contributed by atoms with Crippen LogP contribution in [0.25, 0.3) is 5.69 Å². The molecule has 1 aromatic carbocycles. The van der Waals surface area contributed by atoms with Crippen LogP contribution in [0.4, 0.5) is 0 Å². The third-order valence-electron chi connectivity index (χ3n) is 3.34. The maximum Gasteiger partial charge on any atom is 0.209 e. The van der Waals surface area contributed by atoms with E-state index in [2.05, 4.69) is 17.2 Å². The molecule has 2 aromatic rings. The van der Waals surface area contributed by atoms with Crippen molar-refractivity contribution >= 4 is 11.8 Å². The molecule has 1 aliphatic rings. The number of para-hydroxylation sites is 1. The van der Waals surface area contributed by atoms with Gasteiger partial charge in [-0.2, -0.15) is 0 Å². The molecule has 0 saturated heterocycles. The van der Waals surface area contributed by atoms with Gasteiger partial charge in [-0.25, -0.2) is 9.67 Å². The van der Waals surface area contributed by atoms with Gasteiger partial charge in [-0.05, 0) is 37.8 Å². The van der Waals surface area contributed by atoms with Crippen molar-refractivity contribution < 1.29 is 5.11 Å². The van der Waals surface area contributed by atoms with Gasteiger partial charge >= 0.3 is 0 Å². The highest BCUT2D eigenvalue weighted by atomic mass is 32.2. The van der Waals surface area contributed by atoms with E-state index in [-0.39, 0.29) is 6.61 Å². The summed E-state index contributed by atoms with van der Waals surface area (Å²) in [5.74, 6) is 2.64. The highest BCUT2D eigenvalue weighted by Crippen LogP contribution is 2.40. The number of rotatable bonds is 7. The number of nitrogens with zero attached hydrogens (tertiary/aromatic N) is 3. The standard InChI is InChI=1S/C15H19N3OS/c19-10-4-5-11-20-15-16-14(12-8-9-12)18(17-15)13-6-2-1-3-7-13/h1-3,6-7,12,19H,4-5,8-11H2. The molecule has 1 aromatic heterocycles. The van der Waals surface area contributed by atoms with Crippen molar-refractivity contribution in [1.82, 2.24) is 14.8 Å². The smallest absolute Gasteiger partial charge is 0.209 e. The molecule has 0 bridgehead atoms. The van der Waals surface area contributed by atoms with Crippen LogP contribution in [-0.2, 0) is 0 Å².